The summed E-state index contributed by atoms with van der Waals surface area (Å²) in [6, 6.07) is 6.09. The Bertz CT molecular complexity index is 987. The molecule has 0 aliphatic carbocycles. The first-order valence-electron chi connectivity index (χ1n) is 8.98. The van der Waals surface area contributed by atoms with E-state index in [0.29, 0.717) is 10.6 Å². The average molecular weight is 448 g/mol. The molecule has 0 bridgehead atoms. The van der Waals surface area contributed by atoms with E-state index < -0.39 is 30.4 Å². The minimum atomic E-state index is -1.24. The molecule has 0 aliphatic heterocycles. The Morgan fingerprint density at radius 1 is 1.10 bits per heavy atom. The number of carboxylic acid groups (broad SMARTS) is 2. The summed E-state index contributed by atoms with van der Waals surface area (Å²) in [4.78, 5) is 51.3. The van der Waals surface area contributed by atoms with E-state index >= 15 is 0 Å². The van der Waals surface area contributed by atoms with Crippen molar-refractivity contribution in [2.75, 3.05) is 13.1 Å². The number of nitrogens with zero attached hydrogens (tertiary/aromatic N) is 2. The molecule has 1 amide bonds. The number of nitrogens with two attached hydrogens (primary N) is 1. The van der Waals surface area contributed by atoms with E-state index in [-0.39, 0.29) is 42.3 Å². The second-order valence-corrected chi connectivity index (χ2v) is 7.41. The molecule has 1 aromatic heterocycles. The Morgan fingerprint density at radius 2 is 1.77 bits per heavy atom. The van der Waals surface area contributed by atoms with Crippen molar-refractivity contribution in [3.8, 4) is 5.75 Å². The number of aromatic nitrogens is 1. The van der Waals surface area contributed by atoms with Crippen LogP contribution in [0.3, 0.4) is 0 Å². The zero-order chi connectivity index (χ0) is 23.0. The van der Waals surface area contributed by atoms with Gasteiger partial charge in [0.2, 0.25) is 5.91 Å². The van der Waals surface area contributed by atoms with Gasteiger partial charge in [-0.1, -0.05) is 0 Å². The van der Waals surface area contributed by atoms with Gasteiger partial charge in [0.05, 0.1) is 17.6 Å². The molecule has 1 heterocycles. The quantitative estimate of drug-likeness (QED) is 0.168. The molecule has 0 spiro atoms. The molecular weight excluding hydrogens is 428 g/mol. The van der Waals surface area contributed by atoms with Crippen molar-refractivity contribution >= 4 is 41.0 Å². The number of aryl methyl sites for hydroxylation is 1. The summed E-state index contributed by atoms with van der Waals surface area (Å²) in [5, 5.41) is 25.4. The van der Waals surface area contributed by atoms with Gasteiger partial charge < -0.3 is 25.6 Å². The number of aliphatic carboxylic acids is 2. The van der Waals surface area contributed by atoms with Crippen molar-refractivity contribution < 1.29 is 34.1 Å². The number of nitrogens with one attached hydrogen (secondary N) is 1. The van der Waals surface area contributed by atoms with Crippen LogP contribution in [0, 0.1) is 5.41 Å². The summed E-state index contributed by atoms with van der Waals surface area (Å²) < 4.78 is 5.23. The zero-order valence-electron chi connectivity index (χ0n) is 16.2. The third kappa shape index (κ3) is 7.51. The first kappa shape index (κ1) is 23.5. The fourth-order valence-electron chi connectivity index (χ4n) is 2.44. The molecule has 0 saturated heterocycles. The lowest BCUT2D eigenvalue weighted by Crippen LogP contribution is -2.37. The molecule has 5 N–H and O–H groups in total. The highest BCUT2D eigenvalue weighted by molar-refractivity contribution is 7.13. The van der Waals surface area contributed by atoms with Crippen molar-refractivity contribution in [1.29, 1.82) is 5.41 Å². The first-order chi connectivity index (χ1) is 14.7. The summed E-state index contributed by atoms with van der Waals surface area (Å²) in [7, 11) is 0. The predicted molar refractivity (Wildman–Crippen MR) is 109 cm³/mol. The molecule has 12 heteroatoms. The number of amidine groups is 1. The number of hydrogen-bond donors (Lipinski definition) is 4. The van der Waals surface area contributed by atoms with Gasteiger partial charge in [-0.3, -0.25) is 19.8 Å². The van der Waals surface area contributed by atoms with E-state index in [2.05, 4.69) is 4.98 Å². The van der Waals surface area contributed by atoms with Crippen molar-refractivity contribution in [1.82, 2.24) is 9.88 Å². The SMILES string of the molecule is N=C(N)c1ccc(OC(=O)c2cnc(CCC(=O)N(CCC(=O)O)CC(=O)O)s2)cc1. The number of benzene rings is 1. The minimum Gasteiger partial charge on any atom is -0.481 e. The van der Waals surface area contributed by atoms with Gasteiger partial charge in [-0.2, -0.15) is 0 Å². The number of ether oxygens (including phenoxy) is 1. The molecule has 0 radical (unpaired) electrons. The first-order valence-corrected chi connectivity index (χ1v) is 9.80. The van der Waals surface area contributed by atoms with Crippen LogP contribution in [0.25, 0.3) is 0 Å². The van der Waals surface area contributed by atoms with Crippen LogP contribution in [0.4, 0.5) is 0 Å². The number of rotatable bonds is 11. The van der Waals surface area contributed by atoms with E-state index in [0.717, 1.165) is 16.2 Å². The number of carbonyl (C=O) groups excluding carboxylic acids is 2. The summed E-state index contributed by atoms with van der Waals surface area (Å²) in [6.07, 6.45) is 1.03. The van der Waals surface area contributed by atoms with Crippen molar-refractivity contribution in [2.45, 2.75) is 19.3 Å². The Kier molecular flexibility index (Phi) is 8.20. The fourth-order valence-corrected chi connectivity index (χ4v) is 3.23. The lowest BCUT2D eigenvalue weighted by Gasteiger charge is -2.19. The largest absolute Gasteiger partial charge is 0.481 e. The number of esters is 1. The van der Waals surface area contributed by atoms with E-state index in [4.69, 9.17) is 26.1 Å². The Morgan fingerprint density at radius 3 is 2.35 bits per heavy atom. The number of nitrogen functional groups attached to an aromatic ring is 1. The molecule has 0 unspecified atom stereocenters. The smallest absolute Gasteiger partial charge is 0.355 e. The van der Waals surface area contributed by atoms with Crippen LogP contribution in [0.1, 0.15) is 33.1 Å². The highest BCUT2D eigenvalue weighted by atomic mass is 32.1. The van der Waals surface area contributed by atoms with Crippen molar-refractivity contribution in [2.24, 2.45) is 5.73 Å². The van der Waals surface area contributed by atoms with Crippen LogP contribution in [0.5, 0.6) is 5.75 Å². The van der Waals surface area contributed by atoms with Gasteiger partial charge in [-0.25, -0.2) is 9.78 Å². The molecule has 164 valence electrons. The van der Waals surface area contributed by atoms with Crippen molar-refractivity contribution in [3.05, 3.63) is 45.9 Å². The molecule has 0 aliphatic rings. The molecule has 2 rings (SSSR count). The topological polar surface area (TPSA) is 184 Å². The van der Waals surface area contributed by atoms with E-state index in [1.807, 2.05) is 0 Å². The molecule has 11 nitrogen and oxygen atoms in total. The second kappa shape index (κ2) is 10.8. The fraction of sp³-hybridized carbons (Fsp3) is 0.263. The van der Waals surface area contributed by atoms with Gasteiger partial charge in [0.25, 0.3) is 0 Å². The van der Waals surface area contributed by atoms with Crippen LogP contribution in [-0.2, 0) is 20.8 Å². The number of amides is 1. The van der Waals surface area contributed by atoms with E-state index in [1.165, 1.54) is 18.3 Å². The Balaban J connectivity index is 1.92. The molecule has 31 heavy (non-hydrogen) atoms. The lowest BCUT2D eigenvalue weighted by molar-refractivity contribution is -0.146. The molecular formula is C19H20N4O7S. The molecule has 1 aromatic carbocycles. The normalized spacial score (nSPS) is 10.3. The summed E-state index contributed by atoms with van der Waals surface area (Å²) >= 11 is 1.03. The van der Waals surface area contributed by atoms with Crippen LogP contribution in [0.15, 0.2) is 30.5 Å². The third-order valence-corrected chi connectivity index (χ3v) is 4.99. The van der Waals surface area contributed by atoms with Gasteiger partial charge in [0, 0.05) is 24.9 Å². The van der Waals surface area contributed by atoms with Crippen LogP contribution in [-0.4, -0.2) is 62.8 Å². The van der Waals surface area contributed by atoms with Gasteiger partial charge >= 0.3 is 17.9 Å². The van der Waals surface area contributed by atoms with Crippen LogP contribution in [0.2, 0.25) is 0 Å². The Labute approximate surface area is 180 Å². The third-order valence-electron chi connectivity index (χ3n) is 3.96. The highest BCUT2D eigenvalue weighted by Crippen LogP contribution is 2.19. The predicted octanol–water partition coefficient (Wildman–Crippen LogP) is 0.967. The summed E-state index contributed by atoms with van der Waals surface area (Å²) in [6.45, 7) is -0.803. The van der Waals surface area contributed by atoms with Gasteiger partial charge in [-0.15, -0.1) is 11.3 Å². The second-order valence-electron chi connectivity index (χ2n) is 6.30. The maximum absolute atomic E-state index is 12.3. The van der Waals surface area contributed by atoms with Crippen LogP contribution >= 0.6 is 11.3 Å². The highest BCUT2D eigenvalue weighted by Gasteiger charge is 2.19. The van der Waals surface area contributed by atoms with E-state index in [9.17, 15) is 19.2 Å². The molecule has 0 atom stereocenters. The zero-order valence-corrected chi connectivity index (χ0v) is 17.1. The molecule has 2 aromatic rings. The van der Waals surface area contributed by atoms with Crippen LogP contribution < -0.4 is 10.5 Å². The monoisotopic (exact) mass is 448 g/mol. The van der Waals surface area contributed by atoms with Crippen molar-refractivity contribution in [3.63, 3.8) is 0 Å². The van der Waals surface area contributed by atoms with Gasteiger partial charge in [-0.05, 0) is 24.3 Å². The maximum Gasteiger partial charge on any atom is 0.355 e. The average Bonchev–Trinajstić information content (AvgIpc) is 3.18. The Hall–Kier alpha value is -3.80. The number of carboxylic acids is 2. The van der Waals surface area contributed by atoms with Gasteiger partial charge in [0.1, 0.15) is 23.0 Å². The number of carbonyl (C=O) groups is 4. The molecule has 0 saturated carbocycles. The maximum atomic E-state index is 12.3. The lowest BCUT2D eigenvalue weighted by atomic mass is 10.2. The number of thiazole rings is 1. The van der Waals surface area contributed by atoms with E-state index in [1.54, 1.807) is 12.1 Å². The standard InChI is InChI=1S/C19H20N4O7S/c20-18(21)11-1-3-12(4-2-11)30-19(29)13-9-22-14(31-13)5-6-15(24)23(10-17(27)28)8-7-16(25)26/h1-4,9H,5-8,10H2,(H3,20,21)(H,25,26)(H,27,28). The minimum absolute atomic E-state index is 0.0819. The number of hydrogen-bond acceptors (Lipinski definition) is 8. The molecule has 0 fully saturated rings. The van der Waals surface area contributed by atoms with Gasteiger partial charge in [0.15, 0.2) is 0 Å². The summed E-state index contributed by atoms with van der Waals surface area (Å²) in [5.74, 6) is -3.38. The summed E-state index contributed by atoms with van der Waals surface area (Å²) in [5.41, 5.74) is 5.86.